The Labute approximate surface area is 220 Å². The third-order valence-corrected chi connectivity index (χ3v) is 6.46. The van der Waals surface area contributed by atoms with Crippen molar-refractivity contribution < 1.29 is 13.9 Å². The van der Waals surface area contributed by atoms with Gasteiger partial charge in [0.15, 0.2) is 5.82 Å². The Hall–Kier alpha value is -4.15. The first-order valence-electron chi connectivity index (χ1n) is 12.2. The maximum atomic E-state index is 15.4. The molecule has 0 spiro atoms. The summed E-state index contributed by atoms with van der Waals surface area (Å²) in [4.78, 5) is 19.4. The number of fused-ring (bicyclic) bond motifs is 2. The molecule has 0 radical (unpaired) electrons. The van der Waals surface area contributed by atoms with Gasteiger partial charge in [0.2, 0.25) is 0 Å². The summed E-state index contributed by atoms with van der Waals surface area (Å²) in [7, 11) is 5.74. The van der Waals surface area contributed by atoms with Gasteiger partial charge in [-0.2, -0.15) is 0 Å². The standard InChI is InChI=1S/C28H30FN7O2/c1-31-12-19(11-30)18-9-23-25(24(10-18)38-16-28(13-36(2)3)14-37-15-28)27(34-17-33-23)35-22-7-6-21-20(26(22)29)5-4-8-32-21/h4-12,17H,13-16,30H2,1-3H3,(H,33,34,35)/b19-11+,31-12?. The number of rotatable bonds is 9. The van der Waals surface area contributed by atoms with Crippen molar-refractivity contribution in [2.45, 2.75) is 0 Å². The molecule has 2 aromatic heterocycles. The lowest BCUT2D eigenvalue weighted by Crippen LogP contribution is -2.53. The van der Waals surface area contributed by atoms with Crippen LogP contribution in [0, 0.1) is 11.2 Å². The van der Waals surface area contributed by atoms with Crippen LogP contribution in [0.3, 0.4) is 0 Å². The van der Waals surface area contributed by atoms with Crippen LogP contribution in [0.2, 0.25) is 0 Å². The lowest BCUT2D eigenvalue weighted by atomic mass is 9.86. The van der Waals surface area contributed by atoms with E-state index in [4.69, 9.17) is 15.2 Å². The molecule has 1 fully saturated rings. The molecule has 4 aromatic rings. The Morgan fingerprint density at radius 2 is 2.05 bits per heavy atom. The number of pyridine rings is 1. The van der Waals surface area contributed by atoms with Gasteiger partial charge >= 0.3 is 0 Å². The van der Waals surface area contributed by atoms with Crippen LogP contribution >= 0.6 is 0 Å². The van der Waals surface area contributed by atoms with Crippen molar-refractivity contribution in [2.24, 2.45) is 16.1 Å². The molecule has 1 aliphatic heterocycles. The topological polar surface area (TPSA) is 111 Å². The Balaban J connectivity index is 1.60. The SMILES string of the molecule is CN=C/C(=C\N)c1cc(OCC2(CN(C)C)COC2)c2c(Nc3ccc4ncccc4c3F)ncnc2c1. The Bertz CT molecular complexity index is 1530. The van der Waals surface area contributed by atoms with E-state index in [2.05, 4.69) is 30.2 Å². The molecule has 1 saturated heterocycles. The normalized spacial score (nSPS) is 15.3. The second kappa shape index (κ2) is 10.7. The number of halogens is 1. The molecule has 9 nitrogen and oxygen atoms in total. The van der Waals surface area contributed by atoms with E-state index >= 15 is 4.39 Å². The number of nitrogens with zero attached hydrogens (tertiary/aromatic N) is 5. The molecule has 0 aliphatic carbocycles. The van der Waals surface area contributed by atoms with Crippen molar-refractivity contribution in [1.82, 2.24) is 19.9 Å². The summed E-state index contributed by atoms with van der Waals surface area (Å²) in [6, 6.07) is 10.6. The van der Waals surface area contributed by atoms with Crippen LogP contribution in [0.4, 0.5) is 15.9 Å². The second-order valence-corrected chi connectivity index (χ2v) is 9.74. The van der Waals surface area contributed by atoms with Gasteiger partial charge in [-0.15, -0.1) is 0 Å². The number of benzene rings is 2. The molecule has 0 atom stereocenters. The molecule has 38 heavy (non-hydrogen) atoms. The number of hydrogen-bond donors (Lipinski definition) is 2. The average molecular weight is 516 g/mol. The maximum absolute atomic E-state index is 15.4. The van der Waals surface area contributed by atoms with E-state index in [0.717, 1.165) is 17.7 Å². The summed E-state index contributed by atoms with van der Waals surface area (Å²) in [6.45, 7) is 2.46. The van der Waals surface area contributed by atoms with Gasteiger partial charge in [-0.05, 0) is 56.1 Å². The average Bonchev–Trinajstić information content (AvgIpc) is 2.90. The molecule has 1 aliphatic rings. The highest BCUT2D eigenvalue weighted by molar-refractivity contribution is 6.11. The van der Waals surface area contributed by atoms with E-state index in [9.17, 15) is 0 Å². The Morgan fingerprint density at radius 3 is 2.76 bits per heavy atom. The molecular formula is C28H30FN7O2. The maximum Gasteiger partial charge on any atom is 0.156 e. The van der Waals surface area contributed by atoms with Crippen molar-refractivity contribution in [1.29, 1.82) is 0 Å². The first kappa shape index (κ1) is 25.5. The van der Waals surface area contributed by atoms with Crippen LogP contribution in [-0.2, 0) is 4.74 Å². The smallest absolute Gasteiger partial charge is 0.156 e. The molecule has 0 saturated carbocycles. The molecule has 3 N–H and O–H groups in total. The molecule has 196 valence electrons. The number of allylic oxidation sites excluding steroid dienone is 1. The minimum absolute atomic E-state index is 0.135. The van der Waals surface area contributed by atoms with E-state index < -0.39 is 5.82 Å². The largest absolute Gasteiger partial charge is 0.492 e. The third-order valence-electron chi connectivity index (χ3n) is 6.46. The number of anilines is 2. The van der Waals surface area contributed by atoms with Crippen molar-refractivity contribution in [3.05, 3.63) is 66.5 Å². The molecule has 10 heteroatoms. The monoisotopic (exact) mass is 515 g/mol. The summed E-state index contributed by atoms with van der Waals surface area (Å²) in [6.07, 6.45) is 6.24. The number of nitrogens with two attached hydrogens (primary N) is 1. The quantitative estimate of drug-likeness (QED) is 0.322. The van der Waals surface area contributed by atoms with Gasteiger partial charge in [-0.3, -0.25) is 9.98 Å². The first-order valence-corrected chi connectivity index (χ1v) is 12.2. The van der Waals surface area contributed by atoms with Crippen molar-refractivity contribution in [3.63, 3.8) is 0 Å². The predicted molar refractivity (Wildman–Crippen MR) is 148 cm³/mol. The van der Waals surface area contributed by atoms with E-state index in [1.807, 2.05) is 26.2 Å². The molecule has 5 rings (SSSR count). The van der Waals surface area contributed by atoms with Crippen LogP contribution in [0.5, 0.6) is 5.75 Å². The Morgan fingerprint density at radius 1 is 1.21 bits per heavy atom. The van der Waals surface area contributed by atoms with Crippen LogP contribution in [0.25, 0.3) is 27.4 Å². The fourth-order valence-corrected chi connectivity index (χ4v) is 4.74. The predicted octanol–water partition coefficient (Wildman–Crippen LogP) is 4.02. The molecule has 0 bridgehead atoms. The molecular weight excluding hydrogens is 485 g/mol. The zero-order valence-corrected chi connectivity index (χ0v) is 21.6. The molecule has 2 aromatic carbocycles. The zero-order valence-electron chi connectivity index (χ0n) is 21.6. The summed E-state index contributed by atoms with van der Waals surface area (Å²) in [5.41, 5.74) is 8.74. The van der Waals surface area contributed by atoms with E-state index in [1.165, 1.54) is 12.5 Å². The number of aliphatic imine (C=N–C) groups is 1. The van der Waals surface area contributed by atoms with E-state index in [0.29, 0.717) is 53.2 Å². The van der Waals surface area contributed by atoms with E-state index in [-0.39, 0.29) is 11.1 Å². The highest BCUT2D eigenvalue weighted by atomic mass is 19.1. The minimum Gasteiger partial charge on any atom is -0.492 e. The van der Waals surface area contributed by atoms with Gasteiger partial charge in [0.05, 0.1) is 47.3 Å². The third kappa shape index (κ3) is 5.00. The van der Waals surface area contributed by atoms with E-state index in [1.54, 1.807) is 43.7 Å². The minimum atomic E-state index is -0.412. The highest BCUT2D eigenvalue weighted by Gasteiger charge is 2.40. The van der Waals surface area contributed by atoms with Crippen LogP contribution in [0.15, 0.2) is 60.1 Å². The number of nitrogens with one attached hydrogen (secondary N) is 1. The van der Waals surface area contributed by atoms with Gasteiger partial charge in [-0.1, -0.05) is 0 Å². The number of hydrogen-bond acceptors (Lipinski definition) is 9. The van der Waals surface area contributed by atoms with Crippen molar-refractivity contribution >= 4 is 45.1 Å². The number of ether oxygens (including phenoxy) is 2. The zero-order chi connectivity index (χ0) is 26.7. The van der Waals surface area contributed by atoms with Gasteiger partial charge in [0.25, 0.3) is 0 Å². The molecule has 0 amide bonds. The second-order valence-electron chi connectivity index (χ2n) is 9.74. The summed E-state index contributed by atoms with van der Waals surface area (Å²) >= 11 is 0. The first-order chi connectivity index (χ1) is 18.4. The fraction of sp³-hybridized carbons (Fsp3) is 0.286. The van der Waals surface area contributed by atoms with Crippen LogP contribution in [-0.4, -0.2) is 73.6 Å². The van der Waals surface area contributed by atoms with Crippen LogP contribution in [0.1, 0.15) is 5.56 Å². The number of aromatic nitrogens is 3. The van der Waals surface area contributed by atoms with Crippen LogP contribution < -0.4 is 15.8 Å². The highest BCUT2D eigenvalue weighted by Crippen LogP contribution is 2.37. The lowest BCUT2D eigenvalue weighted by Gasteiger charge is -2.42. The van der Waals surface area contributed by atoms with Gasteiger partial charge in [0.1, 0.15) is 17.9 Å². The summed E-state index contributed by atoms with van der Waals surface area (Å²) in [5, 5.41) is 4.21. The Kier molecular flexibility index (Phi) is 7.17. The van der Waals surface area contributed by atoms with Gasteiger partial charge in [0, 0.05) is 43.2 Å². The molecule has 3 heterocycles. The molecule has 0 unspecified atom stereocenters. The van der Waals surface area contributed by atoms with Gasteiger partial charge in [-0.25, -0.2) is 14.4 Å². The van der Waals surface area contributed by atoms with Gasteiger partial charge < -0.3 is 25.4 Å². The van der Waals surface area contributed by atoms with Crippen molar-refractivity contribution in [2.75, 3.05) is 52.8 Å². The summed E-state index contributed by atoms with van der Waals surface area (Å²) < 4.78 is 27.4. The summed E-state index contributed by atoms with van der Waals surface area (Å²) in [5.74, 6) is 0.565. The van der Waals surface area contributed by atoms with Crippen molar-refractivity contribution in [3.8, 4) is 5.75 Å². The lowest BCUT2D eigenvalue weighted by molar-refractivity contribution is -0.139. The fourth-order valence-electron chi connectivity index (χ4n) is 4.74.